The second-order valence-corrected chi connectivity index (χ2v) is 5.33. The predicted molar refractivity (Wildman–Crippen MR) is 71.6 cm³/mol. The third-order valence-corrected chi connectivity index (χ3v) is 2.21. The van der Waals surface area contributed by atoms with Crippen LogP contribution in [0.3, 0.4) is 0 Å². The molecule has 0 saturated heterocycles. The van der Waals surface area contributed by atoms with Gasteiger partial charge in [0.2, 0.25) is 0 Å². The molecule has 0 aliphatic rings. The molecule has 0 aliphatic carbocycles. The Morgan fingerprint density at radius 1 is 0.895 bits per heavy atom. The van der Waals surface area contributed by atoms with E-state index < -0.39 is 11.9 Å². The minimum Gasteiger partial charge on any atom is -0.464 e. The Morgan fingerprint density at radius 2 is 1.47 bits per heavy atom. The molecule has 5 heteroatoms. The zero-order chi connectivity index (χ0) is 14.7. The van der Waals surface area contributed by atoms with E-state index >= 15 is 0 Å². The second-order valence-electron chi connectivity index (χ2n) is 5.33. The zero-order valence-corrected chi connectivity index (χ0v) is 12.4. The van der Waals surface area contributed by atoms with Gasteiger partial charge in [0, 0.05) is 0 Å². The van der Waals surface area contributed by atoms with Crippen molar-refractivity contribution in [1.82, 2.24) is 0 Å². The van der Waals surface area contributed by atoms with Crippen LogP contribution in [-0.4, -0.2) is 38.4 Å². The van der Waals surface area contributed by atoms with E-state index in [2.05, 4.69) is 13.8 Å². The van der Waals surface area contributed by atoms with Gasteiger partial charge in [0.1, 0.15) is 13.2 Å². The SMILES string of the molecule is CC(C)CCCOC(=O)COCC(=O)OCC(C)C. The summed E-state index contributed by atoms with van der Waals surface area (Å²) >= 11 is 0. The summed E-state index contributed by atoms with van der Waals surface area (Å²) in [6, 6.07) is 0. The van der Waals surface area contributed by atoms with Crippen molar-refractivity contribution < 1.29 is 23.8 Å². The lowest BCUT2D eigenvalue weighted by Gasteiger charge is -2.08. The predicted octanol–water partition coefficient (Wildman–Crippen LogP) is 2.18. The van der Waals surface area contributed by atoms with Crippen LogP contribution in [-0.2, 0) is 23.8 Å². The number of carbonyl (C=O) groups excluding carboxylic acids is 2. The smallest absolute Gasteiger partial charge is 0.332 e. The molecular weight excluding hydrogens is 248 g/mol. The lowest BCUT2D eigenvalue weighted by molar-refractivity contribution is -0.156. The normalized spacial score (nSPS) is 10.8. The monoisotopic (exact) mass is 274 g/mol. The van der Waals surface area contributed by atoms with Crippen molar-refractivity contribution in [3.63, 3.8) is 0 Å². The molecule has 19 heavy (non-hydrogen) atoms. The molecule has 0 aliphatic heterocycles. The van der Waals surface area contributed by atoms with E-state index in [1.807, 2.05) is 13.8 Å². The first-order chi connectivity index (χ1) is 8.91. The summed E-state index contributed by atoms with van der Waals surface area (Å²) in [5, 5.41) is 0. The van der Waals surface area contributed by atoms with Gasteiger partial charge in [-0.3, -0.25) is 0 Å². The molecule has 5 nitrogen and oxygen atoms in total. The first kappa shape index (κ1) is 17.9. The number of esters is 2. The maximum Gasteiger partial charge on any atom is 0.332 e. The average Bonchev–Trinajstić information content (AvgIpc) is 2.32. The molecule has 0 rings (SSSR count). The van der Waals surface area contributed by atoms with E-state index in [0.717, 1.165) is 12.8 Å². The Morgan fingerprint density at radius 3 is 2.00 bits per heavy atom. The third kappa shape index (κ3) is 13.1. The molecule has 0 radical (unpaired) electrons. The molecule has 0 saturated carbocycles. The summed E-state index contributed by atoms with van der Waals surface area (Å²) < 4.78 is 14.8. The Labute approximate surface area is 115 Å². The van der Waals surface area contributed by atoms with Crippen LogP contribution in [0, 0.1) is 11.8 Å². The van der Waals surface area contributed by atoms with Gasteiger partial charge in [-0.15, -0.1) is 0 Å². The average molecular weight is 274 g/mol. The van der Waals surface area contributed by atoms with Crippen LogP contribution in [0.15, 0.2) is 0 Å². The van der Waals surface area contributed by atoms with Gasteiger partial charge in [0.25, 0.3) is 0 Å². The summed E-state index contributed by atoms with van der Waals surface area (Å²) in [7, 11) is 0. The number of hydrogen-bond donors (Lipinski definition) is 0. The fourth-order valence-electron chi connectivity index (χ4n) is 1.24. The molecule has 0 aromatic rings. The minimum atomic E-state index is -0.457. The number of ether oxygens (including phenoxy) is 3. The van der Waals surface area contributed by atoms with E-state index in [4.69, 9.17) is 14.2 Å². The molecule has 112 valence electrons. The molecular formula is C14H26O5. The van der Waals surface area contributed by atoms with Crippen LogP contribution in [0.1, 0.15) is 40.5 Å². The highest BCUT2D eigenvalue weighted by atomic mass is 16.6. The van der Waals surface area contributed by atoms with Crippen LogP contribution in [0.2, 0.25) is 0 Å². The van der Waals surface area contributed by atoms with Gasteiger partial charge in [-0.1, -0.05) is 27.7 Å². The van der Waals surface area contributed by atoms with E-state index in [9.17, 15) is 9.59 Å². The highest BCUT2D eigenvalue weighted by Gasteiger charge is 2.08. The maximum atomic E-state index is 11.2. The first-order valence-corrected chi connectivity index (χ1v) is 6.80. The molecule has 0 aromatic carbocycles. The highest BCUT2D eigenvalue weighted by molar-refractivity contribution is 5.73. The standard InChI is InChI=1S/C14H26O5/c1-11(2)6-5-7-18-13(15)9-17-10-14(16)19-8-12(3)4/h11-12H,5-10H2,1-4H3. The van der Waals surface area contributed by atoms with Crippen LogP contribution in [0.4, 0.5) is 0 Å². The van der Waals surface area contributed by atoms with Crippen molar-refractivity contribution in [1.29, 1.82) is 0 Å². The van der Waals surface area contributed by atoms with Crippen LogP contribution in [0.25, 0.3) is 0 Å². The second kappa shape index (κ2) is 10.8. The summed E-state index contributed by atoms with van der Waals surface area (Å²) in [5.74, 6) is -0.0118. The molecule has 0 amide bonds. The molecule has 0 bridgehead atoms. The van der Waals surface area contributed by atoms with Gasteiger partial charge >= 0.3 is 11.9 Å². The zero-order valence-electron chi connectivity index (χ0n) is 12.4. The molecule has 0 atom stereocenters. The minimum absolute atomic E-state index is 0.210. The number of carbonyl (C=O) groups is 2. The van der Waals surface area contributed by atoms with Crippen molar-refractivity contribution in [2.24, 2.45) is 11.8 Å². The fourth-order valence-corrected chi connectivity index (χ4v) is 1.24. The van der Waals surface area contributed by atoms with Crippen molar-refractivity contribution >= 4 is 11.9 Å². The lowest BCUT2D eigenvalue weighted by Crippen LogP contribution is -2.20. The summed E-state index contributed by atoms with van der Waals surface area (Å²) in [5.41, 5.74) is 0. The van der Waals surface area contributed by atoms with Crippen LogP contribution < -0.4 is 0 Å². The van der Waals surface area contributed by atoms with E-state index in [1.54, 1.807) is 0 Å². The summed E-state index contributed by atoms with van der Waals surface area (Å²) in [6.45, 7) is 8.47. The number of hydrogen-bond acceptors (Lipinski definition) is 5. The molecule has 0 fully saturated rings. The summed E-state index contributed by atoms with van der Waals surface area (Å²) in [6.07, 6.45) is 1.87. The Kier molecular flexibility index (Phi) is 10.2. The van der Waals surface area contributed by atoms with Crippen molar-refractivity contribution in [3.8, 4) is 0 Å². The van der Waals surface area contributed by atoms with Crippen molar-refractivity contribution in [3.05, 3.63) is 0 Å². The quantitative estimate of drug-likeness (QED) is 0.451. The molecule has 0 N–H and O–H groups in total. The van der Waals surface area contributed by atoms with Gasteiger partial charge in [0.05, 0.1) is 13.2 Å². The molecule has 0 aromatic heterocycles. The fraction of sp³-hybridized carbons (Fsp3) is 0.857. The van der Waals surface area contributed by atoms with Gasteiger partial charge in [-0.2, -0.15) is 0 Å². The third-order valence-electron chi connectivity index (χ3n) is 2.21. The lowest BCUT2D eigenvalue weighted by atomic mass is 10.1. The van der Waals surface area contributed by atoms with Crippen LogP contribution in [0.5, 0.6) is 0 Å². The topological polar surface area (TPSA) is 61.8 Å². The van der Waals surface area contributed by atoms with Gasteiger partial charge in [-0.25, -0.2) is 9.59 Å². The first-order valence-electron chi connectivity index (χ1n) is 6.80. The van der Waals surface area contributed by atoms with Crippen molar-refractivity contribution in [2.45, 2.75) is 40.5 Å². The largest absolute Gasteiger partial charge is 0.464 e. The van der Waals surface area contributed by atoms with Gasteiger partial charge in [0.15, 0.2) is 0 Å². The van der Waals surface area contributed by atoms with Crippen molar-refractivity contribution in [2.75, 3.05) is 26.4 Å². The van der Waals surface area contributed by atoms with Gasteiger partial charge in [-0.05, 0) is 24.7 Å². The highest BCUT2D eigenvalue weighted by Crippen LogP contribution is 2.03. The molecule has 0 heterocycles. The van der Waals surface area contributed by atoms with E-state index in [1.165, 1.54) is 0 Å². The van der Waals surface area contributed by atoms with Gasteiger partial charge < -0.3 is 14.2 Å². The Balaban J connectivity index is 3.45. The maximum absolute atomic E-state index is 11.2. The van der Waals surface area contributed by atoms with E-state index in [-0.39, 0.29) is 19.1 Å². The Hall–Kier alpha value is -1.10. The van der Waals surface area contributed by atoms with E-state index in [0.29, 0.717) is 19.1 Å². The summed E-state index contributed by atoms with van der Waals surface area (Å²) in [4.78, 5) is 22.4. The van der Waals surface area contributed by atoms with Crippen LogP contribution >= 0.6 is 0 Å². The Bertz CT molecular complexity index is 261. The molecule has 0 spiro atoms. The number of rotatable bonds is 10. The molecule has 0 unspecified atom stereocenters.